The molecule has 0 saturated carbocycles. The van der Waals surface area contributed by atoms with Gasteiger partial charge in [-0.25, -0.2) is 19.0 Å². The summed E-state index contributed by atoms with van der Waals surface area (Å²) in [6.07, 6.45) is 0.719. The van der Waals surface area contributed by atoms with E-state index in [2.05, 4.69) is 4.98 Å². The highest BCUT2D eigenvalue weighted by atomic mass is 32.1. The number of carbonyl (C=O) groups is 2. The standard InChI is InChI=1S/C21H25FN2O6S/c1-12-9-23-18(31-12)15-7-13(8-16(17(15)22)19(25)26)29-11-14-10-24(5-6-28-14)20(27)30-21(2,3)4/h7-9,14H,5-6,10-11H2,1-4H3,(H,25,26). The van der Waals surface area contributed by atoms with Gasteiger partial charge in [-0.2, -0.15) is 0 Å². The third-order valence-electron chi connectivity index (χ3n) is 4.35. The minimum absolute atomic E-state index is 0.0559. The number of carboxylic acids is 1. The summed E-state index contributed by atoms with van der Waals surface area (Å²) in [5, 5.41) is 9.75. The first-order valence-corrected chi connectivity index (χ1v) is 10.6. The van der Waals surface area contributed by atoms with Gasteiger partial charge in [0, 0.05) is 17.6 Å². The molecule has 1 amide bonds. The Kier molecular flexibility index (Phi) is 6.80. The lowest BCUT2D eigenvalue weighted by Crippen LogP contribution is -2.49. The quantitative estimate of drug-likeness (QED) is 0.733. The van der Waals surface area contributed by atoms with Crippen LogP contribution in [-0.4, -0.2) is 65.1 Å². The van der Waals surface area contributed by atoms with E-state index in [4.69, 9.17) is 14.2 Å². The Morgan fingerprint density at radius 1 is 1.39 bits per heavy atom. The van der Waals surface area contributed by atoms with Crippen LogP contribution in [0, 0.1) is 12.7 Å². The molecule has 1 saturated heterocycles. The van der Waals surface area contributed by atoms with Gasteiger partial charge in [0.15, 0.2) is 0 Å². The lowest BCUT2D eigenvalue weighted by molar-refractivity contribution is -0.0557. The second-order valence-electron chi connectivity index (χ2n) is 8.14. The normalized spacial score (nSPS) is 16.8. The fraction of sp³-hybridized carbons (Fsp3) is 0.476. The number of carbonyl (C=O) groups excluding carboxylic acids is 1. The number of carboxylic acid groups (broad SMARTS) is 1. The average molecular weight is 453 g/mol. The Labute approximate surface area is 183 Å². The molecular formula is C21H25FN2O6S. The van der Waals surface area contributed by atoms with Crippen LogP contribution >= 0.6 is 11.3 Å². The van der Waals surface area contributed by atoms with Crippen molar-refractivity contribution in [2.45, 2.75) is 39.4 Å². The number of hydrogen-bond donors (Lipinski definition) is 1. The Bertz CT molecular complexity index is 971. The van der Waals surface area contributed by atoms with E-state index in [1.165, 1.54) is 17.4 Å². The second-order valence-corrected chi connectivity index (χ2v) is 9.38. The topological polar surface area (TPSA) is 98.2 Å². The molecule has 0 bridgehead atoms. The van der Waals surface area contributed by atoms with Crippen molar-refractivity contribution in [1.29, 1.82) is 0 Å². The highest BCUT2D eigenvalue weighted by Gasteiger charge is 2.29. The van der Waals surface area contributed by atoms with E-state index >= 15 is 0 Å². The number of halogens is 1. The zero-order chi connectivity index (χ0) is 22.8. The molecule has 0 radical (unpaired) electrons. The molecule has 0 spiro atoms. The number of nitrogens with zero attached hydrogens (tertiary/aromatic N) is 2. The zero-order valence-corrected chi connectivity index (χ0v) is 18.6. The Balaban J connectivity index is 1.73. The molecule has 1 aromatic heterocycles. The number of amides is 1. The maximum Gasteiger partial charge on any atom is 0.410 e. The molecule has 8 nitrogen and oxygen atoms in total. The molecule has 1 N–H and O–H groups in total. The highest BCUT2D eigenvalue weighted by molar-refractivity contribution is 7.14. The second kappa shape index (κ2) is 9.19. The van der Waals surface area contributed by atoms with Gasteiger partial charge in [0.05, 0.1) is 24.3 Å². The molecule has 1 unspecified atom stereocenters. The number of ether oxygens (including phenoxy) is 3. The summed E-state index contributed by atoms with van der Waals surface area (Å²) in [5.41, 5.74) is -1.04. The molecule has 2 aromatic rings. The molecule has 31 heavy (non-hydrogen) atoms. The largest absolute Gasteiger partial charge is 0.491 e. The minimum Gasteiger partial charge on any atom is -0.491 e. The fourth-order valence-corrected chi connectivity index (χ4v) is 3.75. The summed E-state index contributed by atoms with van der Waals surface area (Å²) in [6, 6.07) is 2.56. The van der Waals surface area contributed by atoms with Crippen molar-refractivity contribution in [1.82, 2.24) is 9.88 Å². The number of thiazole rings is 1. The Morgan fingerprint density at radius 2 is 2.13 bits per heavy atom. The summed E-state index contributed by atoms with van der Waals surface area (Å²) >= 11 is 1.26. The summed E-state index contributed by atoms with van der Waals surface area (Å²) in [4.78, 5) is 30.4. The SMILES string of the molecule is Cc1cnc(-c2cc(OCC3CN(C(=O)OC(C)(C)C)CCO3)cc(C(=O)O)c2F)s1. The molecule has 2 heterocycles. The summed E-state index contributed by atoms with van der Waals surface area (Å²) < 4.78 is 31.5. The summed E-state index contributed by atoms with van der Waals surface area (Å²) in [7, 11) is 0. The van der Waals surface area contributed by atoms with E-state index in [1.54, 1.807) is 31.9 Å². The molecule has 1 aliphatic heterocycles. The van der Waals surface area contributed by atoms with Gasteiger partial charge >= 0.3 is 12.1 Å². The molecule has 1 aromatic carbocycles. The van der Waals surface area contributed by atoms with E-state index in [-0.39, 0.29) is 24.5 Å². The van der Waals surface area contributed by atoms with Gasteiger partial charge in [-0.05, 0) is 39.8 Å². The van der Waals surface area contributed by atoms with E-state index in [9.17, 15) is 19.1 Å². The number of benzene rings is 1. The molecule has 10 heteroatoms. The van der Waals surface area contributed by atoms with Gasteiger partial charge in [0.2, 0.25) is 0 Å². The lowest BCUT2D eigenvalue weighted by atomic mass is 10.1. The van der Waals surface area contributed by atoms with E-state index in [1.807, 2.05) is 6.92 Å². The highest BCUT2D eigenvalue weighted by Crippen LogP contribution is 2.33. The average Bonchev–Trinajstić information content (AvgIpc) is 3.12. The third kappa shape index (κ3) is 5.92. The first-order valence-electron chi connectivity index (χ1n) is 9.75. The van der Waals surface area contributed by atoms with Crippen LogP contribution < -0.4 is 4.74 Å². The number of morpholine rings is 1. The molecule has 0 aliphatic carbocycles. The van der Waals surface area contributed by atoms with E-state index in [0.717, 1.165) is 10.9 Å². The van der Waals surface area contributed by atoms with Gasteiger partial charge in [-0.3, -0.25) is 0 Å². The minimum atomic E-state index is -1.40. The first-order chi connectivity index (χ1) is 14.5. The van der Waals surface area contributed by atoms with Gasteiger partial charge in [-0.1, -0.05) is 0 Å². The predicted octanol–water partition coefficient (Wildman–Crippen LogP) is 3.97. The van der Waals surface area contributed by atoms with Crippen LogP contribution in [0.4, 0.5) is 9.18 Å². The zero-order valence-electron chi connectivity index (χ0n) is 17.8. The van der Waals surface area contributed by atoms with E-state index in [0.29, 0.717) is 18.2 Å². The van der Waals surface area contributed by atoms with Gasteiger partial charge in [0.1, 0.15) is 34.9 Å². The molecular weight excluding hydrogens is 427 g/mol. The Morgan fingerprint density at radius 3 is 2.74 bits per heavy atom. The predicted molar refractivity (Wildman–Crippen MR) is 112 cm³/mol. The molecule has 168 valence electrons. The summed E-state index contributed by atoms with van der Waals surface area (Å²) in [5.74, 6) is -2.08. The molecule has 1 aliphatic rings. The van der Waals surface area contributed by atoms with Crippen molar-refractivity contribution < 1.29 is 33.3 Å². The maximum absolute atomic E-state index is 14.7. The number of aromatic carboxylic acids is 1. The third-order valence-corrected chi connectivity index (χ3v) is 5.30. The molecule has 3 rings (SSSR count). The van der Waals surface area contributed by atoms with Crippen molar-refractivity contribution in [2.75, 3.05) is 26.3 Å². The van der Waals surface area contributed by atoms with Crippen molar-refractivity contribution in [3.05, 3.63) is 34.6 Å². The van der Waals surface area contributed by atoms with Crippen LogP contribution in [0.3, 0.4) is 0 Å². The monoisotopic (exact) mass is 452 g/mol. The Hall–Kier alpha value is -2.72. The van der Waals surface area contributed by atoms with Crippen LogP contribution in [0.25, 0.3) is 10.6 Å². The van der Waals surface area contributed by atoms with E-state index < -0.39 is 35.1 Å². The van der Waals surface area contributed by atoms with Crippen LogP contribution in [0.2, 0.25) is 0 Å². The number of rotatable bonds is 5. The van der Waals surface area contributed by atoms with Crippen molar-refractivity contribution in [3.63, 3.8) is 0 Å². The fourth-order valence-electron chi connectivity index (χ4n) is 2.97. The van der Waals surface area contributed by atoms with Crippen LogP contribution in [-0.2, 0) is 9.47 Å². The summed E-state index contributed by atoms with van der Waals surface area (Å²) in [6.45, 7) is 8.25. The molecule has 1 atom stereocenters. The van der Waals surface area contributed by atoms with Gasteiger partial charge in [-0.15, -0.1) is 11.3 Å². The van der Waals surface area contributed by atoms with Gasteiger partial charge in [0.25, 0.3) is 0 Å². The van der Waals surface area contributed by atoms with Crippen LogP contribution in [0.15, 0.2) is 18.3 Å². The lowest BCUT2D eigenvalue weighted by Gasteiger charge is -2.34. The maximum atomic E-state index is 14.7. The number of hydrogen-bond acceptors (Lipinski definition) is 7. The number of aromatic nitrogens is 1. The van der Waals surface area contributed by atoms with Crippen molar-refractivity contribution in [2.24, 2.45) is 0 Å². The van der Waals surface area contributed by atoms with Crippen LogP contribution in [0.1, 0.15) is 36.0 Å². The smallest absolute Gasteiger partial charge is 0.410 e. The first kappa shape index (κ1) is 23.0. The number of aryl methyl sites for hydroxylation is 1. The van der Waals surface area contributed by atoms with Gasteiger partial charge < -0.3 is 24.2 Å². The van der Waals surface area contributed by atoms with Crippen molar-refractivity contribution >= 4 is 23.4 Å². The van der Waals surface area contributed by atoms with Crippen LogP contribution in [0.5, 0.6) is 5.75 Å². The van der Waals surface area contributed by atoms with Crippen molar-refractivity contribution in [3.8, 4) is 16.3 Å². The molecule has 1 fully saturated rings.